The summed E-state index contributed by atoms with van der Waals surface area (Å²) in [7, 11) is 0. The molecule has 3 N–H and O–H groups in total. The molecule has 1 aliphatic rings. The molecule has 2 aromatic rings. The lowest BCUT2D eigenvalue weighted by Crippen LogP contribution is -2.23. The average molecular weight is 422 g/mol. The Bertz CT molecular complexity index is 981. The van der Waals surface area contributed by atoms with Crippen molar-refractivity contribution in [2.45, 2.75) is 31.5 Å². The maximum absolute atomic E-state index is 12.9. The first-order valence-electron chi connectivity index (χ1n) is 9.44. The number of pyridine rings is 1. The van der Waals surface area contributed by atoms with E-state index in [1.165, 1.54) is 18.2 Å². The van der Waals surface area contributed by atoms with Crippen LogP contribution in [0.2, 0.25) is 0 Å². The summed E-state index contributed by atoms with van der Waals surface area (Å²) in [5.74, 6) is -0.0303. The molecule has 0 bridgehead atoms. The van der Waals surface area contributed by atoms with Crippen LogP contribution in [-0.2, 0) is 11.0 Å². The van der Waals surface area contributed by atoms with Gasteiger partial charge in [0.1, 0.15) is 0 Å². The van der Waals surface area contributed by atoms with Crippen LogP contribution in [0.5, 0.6) is 5.75 Å². The van der Waals surface area contributed by atoms with E-state index in [0.29, 0.717) is 36.1 Å². The number of hydrogen-bond acceptors (Lipinski definition) is 4. The number of amides is 1. The first-order chi connectivity index (χ1) is 14.3. The predicted octanol–water partition coefficient (Wildman–Crippen LogP) is 2.87. The molecule has 160 valence electrons. The molecule has 9 heteroatoms. The van der Waals surface area contributed by atoms with E-state index in [4.69, 9.17) is 9.84 Å². The second kappa shape index (κ2) is 9.17. The second-order valence-electron chi connectivity index (χ2n) is 6.86. The molecule has 1 fully saturated rings. The third-order valence-corrected chi connectivity index (χ3v) is 4.64. The van der Waals surface area contributed by atoms with Crippen LogP contribution in [0.15, 0.2) is 47.3 Å². The molecule has 0 spiro atoms. The summed E-state index contributed by atoms with van der Waals surface area (Å²) in [5, 5.41) is 11.6. The number of carbonyl (C=O) groups is 1. The Morgan fingerprint density at radius 3 is 2.47 bits per heavy atom. The van der Waals surface area contributed by atoms with Crippen molar-refractivity contribution in [3.8, 4) is 5.75 Å². The van der Waals surface area contributed by atoms with Gasteiger partial charge in [0.25, 0.3) is 5.56 Å². The molecule has 1 aromatic heterocycles. The monoisotopic (exact) mass is 422 g/mol. The lowest BCUT2D eigenvalue weighted by Gasteiger charge is -2.14. The van der Waals surface area contributed by atoms with Gasteiger partial charge in [0.15, 0.2) is 5.75 Å². The molecular formula is C21H21F3N2O4. The number of aliphatic hydroxyl groups is 1. The molecule has 3 rings (SSSR count). The van der Waals surface area contributed by atoms with E-state index in [1.54, 1.807) is 12.1 Å². The van der Waals surface area contributed by atoms with E-state index >= 15 is 0 Å². The fourth-order valence-electron chi connectivity index (χ4n) is 3.12. The minimum absolute atomic E-state index is 0.0656. The zero-order valence-electron chi connectivity index (χ0n) is 16.0. The number of H-pyrrole nitrogens is 1. The minimum atomic E-state index is -4.45. The Kier molecular flexibility index (Phi) is 6.61. The van der Waals surface area contributed by atoms with Crippen LogP contribution in [0.1, 0.15) is 36.1 Å². The summed E-state index contributed by atoms with van der Waals surface area (Å²) in [4.78, 5) is 26.6. The highest BCUT2D eigenvalue weighted by Gasteiger charge is 2.30. The highest BCUT2D eigenvalue weighted by atomic mass is 19.4. The Morgan fingerprint density at radius 1 is 1.17 bits per heavy atom. The molecule has 1 aliphatic heterocycles. The Labute approximate surface area is 170 Å². The van der Waals surface area contributed by atoms with Crippen molar-refractivity contribution < 1.29 is 27.8 Å². The van der Waals surface area contributed by atoms with Crippen LogP contribution in [-0.4, -0.2) is 35.3 Å². The zero-order valence-corrected chi connectivity index (χ0v) is 16.0. The van der Waals surface area contributed by atoms with Gasteiger partial charge in [0.2, 0.25) is 5.91 Å². The number of carbonyl (C=O) groups excluding carboxylic acids is 1. The number of hydrogen-bond donors (Lipinski definition) is 3. The molecule has 1 amide bonds. The fourth-order valence-corrected chi connectivity index (χ4v) is 3.12. The van der Waals surface area contributed by atoms with Gasteiger partial charge in [-0.3, -0.25) is 9.59 Å². The van der Waals surface area contributed by atoms with E-state index < -0.39 is 17.3 Å². The van der Waals surface area contributed by atoms with Crippen LogP contribution in [0.4, 0.5) is 13.2 Å². The number of nitrogens with one attached hydrogen (secondary N) is 2. The van der Waals surface area contributed by atoms with Crippen molar-refractivity contribution in [3.63, 3.8) is 0 Å². The van der Waals surface area contributed by atoms with Gasteiger partial charge < -0.3 is 20.1 Å². The van der Waals surface area contributed by atoms with Gasteiger partial charge in [-0.15, -0.1) is 0 Å². The average Bonchev–Trinajstić information content (AvgIpc) is 3.12. The summed E-state index contributed by atoms with van der Waals surface area (Å²) < 4.78 is 44.0. The number of halogens is 3. The molecule has 1 aromatic carbocycles. The van der Waals surface area contributed by atoms with Crippen LogP contribution >= 0.6 is 0 Å². The normalized spacial score (nSPS) is 17.1. The lowest BCUT2D eigenvalue weighted by molar-refractivity contribution is -0.137. The quantitative estimate of drug-likeness (QED) is 0.599. The molecule has 0 saturated carbocycles. The van der Waals surface area contributed by atoms with Gasteiger partial charge in [-0.05, 0) is 36.2 Å². The van der Waals surface area contributed by atoms with Gasteiger partial charge in [-0.2, -0.15) is 13.2 Å². The number of aromatic nitrogens is 1. The SMILES string of the molecule is O=C1CC[C@H](C=C(c2ccc(C(F)(F)F)cc2)c2ccc(OCCCO)c(=O)[nH]2)N1. The Hall–Kier alpha value is -3.07. The van der Waals surface area contributed by atoms with E-state index in [9.17, 15) is 22.8 Å². The summed E-state index contributed by atoms with van der Waals surface area (Å²) in [5.41, 5.74) is 0.0682. The van der Waals surface area contributed by atoms with Crippen molar-refractivity contribution in [3.05, 3.63) is 69.6 Å². The van der Waals surface area contributed by atoms with Crippen molar-refractivity contribution in [2.75, 3.05) is 13.2 Å². The number of alkyl halides is 3. The van der Waals surface area contributed by atoms with Crippen LogP contribution in [0.25, 0.3) is 5.57 Å². The zero-order chi connectivity index (χ0) is 21.7. The maximum atomic E-state index is 12.9. The Morgan fingerprint density at radius 2 is 1.90 bits per heavy atom. The molecule has 2 heterocycles. The van der Waals surface area contributed by atoms with Crippen molar-refractivity contribution in [1.29, 1.82) is 0 Å². The fraction of sp³-hybridized carbons (Fsp3) is 0.333. The first kappa shape index (κ1) is 21.6. The van der Waals surface area contributed by atoms with Crippen molar-refractivity contribution in [2.24, 2.45) is 0 Å². The van der Waals surface area contributed by atoms with E-state index in [1.807, 2.05) is 0 Å². The molecule has 6 nitrogen and oxygen atoms in total. The van der Waals surface area contributed by atoms with E-state index in [-0.39, 0.29) is 30.9 Å². The third-order valence-electron chi connectivity index (χ3n) is 4.64. The number of aliphatic hydroxyl groups excluding tert-OH is 1. The predicted molar refractivity (Wildman–Crippen MR) is 104 cm³/mol. The standard InChI is InChI=1S/C21H21F3N2O4/c22-21(23,24)14-4-2-13(3-5-14)16(12-15-6-9-19(28)25-15)17-7-8-18(20(29)26-17)30-11-1-10-27/h2-5,7-8,12,15,27H,1,6,9-11H2,(H,25,28)(H,26,29)/t15-/m1/s1. The van der Waals surface area contributed by atoms with Crippen LogP contribution in [0.3, 0.4) is 0 Å². The molecule has 1 atom stereocenters. The van der Waals surface area contributed by atoms with E-state index in [0.717, 1.165) is 12.1 Å². The number of benzene rings is 1. The summed E-state index contributed by atoms with van der Waals surface area (Å²) in [6.45, 7) is 0.110. The molecule has 0 aliphatic carbocycles. The number of ether oxygens (including phenoxy) is 1. The van der Waals surface area contributed by atoms with Gasteiger partial charge in [-0.1, -0.05) is 18.2 Å². The maximum Gasteiger partial charge on any atom is 0.416 e. The van der Waals surface area contributed by atoms with Crippen LogP contribution in [0, 0.1) is 0 Å². The highest BCUT2D eigenvalue weighted by Crippen LogP contribution is 2.31. The summed E-state index contributed by atoms with van der Waals surface area (Å²) in [6, 6.07) is 7.37. The molecule has 0 unspecified atom stereocenters. The number of aromatic amines is 1. The highest BCUT2D eigenvalue weighted by molar-refractivity contribution is 5.82. The molecule has 1 saturated heterocycles. The van der Waals surface area contributed by atoms with Crippen molar-refractivity contribution >= 4 is 11.5 Å². The van der Waals surface area contributed by atoms with Gasteiger partial charge >= 0.3 is 6.18 Å². The Balaban J connectivity index is 1.96. The van der Waals surface area contributed by atoms with Gasteiger partial charge in [-0.25, -0.2) is 0 Å². The van der Waals surface area contributed by atoms with Gasteiger partial charge in [0, 0.05) is 36.8 Å². The van der Waals surface area contributed by atoms with E-state index in [2.05, 4.69) is 10.3 Å². The molecular weight excluding hydrogens is 401 g/mol. The minimum Gasteiger partial charge on any atom is -0.488 e. The van der Waals surface area contributed by atoms with Crippen LogP contribution < -0.4 is 15.6 Å². The smallest absolute Gasteiger partial charge is 0.416 e. The number of rotatable bonds is 7. The molecule has 0 radical (unpaired) electrons. The van der Waals surface area contributed by atoms with Gasteiger partial charge in [0.05, 0.1) is 12.2 Å². The summed E-state index contributed by atoms with van der Waals surface area (Å²) in [6.07, 6.45) is -1.45. The van der Waals surface area contributed by atoms with Crippen molar-refractivity contribution in [1.82, 2.24) is 10.3 Å². The largest absolute Gasteiger partial charge is 0.488 e. The first-order valence-corrected chi connectivity index (χ1v) is 9.44. The lowest BCUT2D eigenvalue weighted by atomic mass is 9.98. The summed E-state index contributed by atoms with van der Waals surface area (Å²) >= 11 is 0. The molecule has 30 heavy (non-hydrogen) atoms. The topological polar surface area (TPSA) is 91.4 Å². The third kappa shape index (κ3) is 5.29. The second-order valence-corrected chi connectivity index (χ2v) is 6.86.